The maximum atomic E-state index is 12.0. The maximum Gasteiger partial charge on any atom is 0.404 e. The Labute approximate surface area is 263 Å². The topological polar surface area (TPSA) is 147 Å². The largest absolute Gasteiger partial charge is 0.491 e. The summed E-state index contributed by atoms with van der Waals surface area (Å²) in [5.74, 6) is 0.635. The van der Waals surface area contributed by atoms with E-state index in [2.05, 4.69) is 32.0 Å². The minimum absolute atomic E-state index is 0.0829. The Bertz CT molecular complexity index is 1830. The molecule has 12 nitrogen and oxygen atoms in total. The molecule has 1 aliphatic rings. The molecule has 6 rings (SSSR count). The number of fused-ring (bicyclic) bond motifs is 1. The van der Waals surface area contributed by atoms with E-state index in [9.17, 15) is 9.59 Å². The molecule has 0 radical (unpaired) electrons. The van der Waals surface area contributed by atoms with Crippen molar-refractivity contribution in [3.8, 4) is 22.0 Å². The Kier molecular flexibility index (Phi) is 9.25. The van der Waals surface area contributed by atoms with Gasteiger partial charge in [-0.2, -0.15) is 0 Å². The van der Waals surface area contributed by atoms with E-state index in [4.69, 9.17) is 14.8 Å². The van der Waals surface area contributed by atoms with Crippen LogP contribution in [0.2, 0.25) is 0 Å². The zero-order valence-electron chi connectivity index (χ0n) is 24.4. The Morgan fingerprint density at radius 3 is 2.96 bits per heavy atom. The first-order chi connectivity index (χ1) is 22.0. The molecule has 3 N–H and O–H groups in total. The molecule has 3 aromatic heterocycles. The number of amides is 3. The van der Waals surface area contributed by atoms with Gasteiger partial charge >= 0.3 is 12.1 Å². The van der Waals surface area contributed by atoms with Crippen molar-refractivity contribution in [2.45, 2.75) is 19.3 Å². The molecule has 1 saturated heterocycles. The van der Waals surface area contributed by atoms with Crippen molar-refractivity contribution in [3.63, 3.8) is 0 Å². The molecule has 0 aliphatic carbocycles. The number of ether oxygens (including phenoxy) is 1. The van der Waals surface area contributed by atoms with Crippen molar-refractivity contribution in [2.24, 2.45) is 0 Å². The Balaban J connectivity index is 1.18. The number of carbonyl (C=O) groups is 2. The molecule has 45 heavy (non-hydrogen) atoms. The molecule has 1 fully saturated rings. The molecule has 0 atom stereocenters. The van der Waals surface area contributed by atoms with Crippen LogP contribution in [0, 0.1) is 0 Å². The summed E-state index contributed by atoms with van der Waals surface area (Å²) in [5.41, 5.74) is 5.30. The van der Waals surface area contributed by atoms with E-state index in [0.717, 1.165) is 50.5 Å². The van der Waals surface area contributed by atoms with Gasteiger partial charge in [0.15, 0.2) is 0 Å². The second kappa shape index (κ2) is 14.0. The quantitative estimate of drug-likeness (QED) is 0.153. The number of nitrogens with zero attached hydrogens (tertiary/aromatic N) is 6. The number of carbonyl (C=O) groups excluding carboxylic acids is 1. The number of aromatic nitrogens is 5. The van der Waals surface area contributed by atoms with Crippen molar-refractivity contribution in [2.75, 3.05) is 32.8 Å². The van der Waals surface area contributed by atoms with Crippen LogP contribution >= 0.6 is 11.3 Å². The third-order valence-electron chi connectivity index (χ3n) is 7.30. The van der Waals surface area contributed by atoms with Crippen molar-refractivity contribution >= 4 is 46.5 Å². The number of benzene rings is 2. The molecule has 0 unspecified atom stereocenters. The first-order valence-electron chi connectivity index (χ1n) is 14.7. The molecular formula is C32H32N8O4S. The third kappa shape index (κ3) is 7.62. The van der Waals surface area contributed by atoms with E-state index < -0.39 is 6.09 Å². The van der Waals surface area contributed by atoms with Gasteiger partial charge in [0.2, 0.25) is 0 Å². The fourth-order valence-electron chi connectivity index (χ4n) is 4.97. The molecular weight excluding hydrogens is 592 g/mol. The number of unbranched alkanes of at least 4 members (excludes halogenated alkanes) is 1. The standard InChI is InChI=1S/C32H32N8O4S/c41-31-34-14-15-39(31)16-17-44-29-19-26(40-20-24(37-38-40)5-1-2-12-35-32(42)43)9-10-27(29)30-36-25(21-45-30)8-6-22-7-11-28-23(18-22)4-3-13-33-28/h3-4,6-11,13,18-21,35H,1-2,5,12,14-17H2,(H,34,41)(H,42,43)/b8-6+. The number of hydrogen-bond donors (Lipinski definition) is 3. The minimum atomic E-state index is -1.02. The summed E-state index contributed by atoms with van der Waals surface area (Å²) in [5, 5.41) is 26.4. The maximum absolute atomic E-state index is 12.0. The number of thiazole rings is 1. The van der Waals surface area contributed by atoms with Gasteiger partial charge < -0.3 is 25.4 Å². The zero-order chi connectivity index (χ0) is 31.0. The van der Waals surface area contributed by atoms with Crippen LogP contribution in [0.3, 0.4) is 0 Å². The lowest BCUT2D eigenvalue weighted by Gasteiger charge is -2.16. The predicted molar refractivity (Wildman–Crippen MR) is 173 cm³/mol. The highest BCUT2D eigenvalue weighted by atomic mass is 32.1. The van der Waals surface area contributed by atoms with Crippen LogP contribution in [0.1, 0.15) is 29.8 Å². The van der Waals surface area contributed by atoms with Gasteiger partial charge in [-0.15, -0.1) is 16.4 Å². The Morgan fingerprint density at radius 1 is 1.16 bits per heavy atom. The first kappa shape index (κ1) is 29.8. The highest BCUT2D eigenvalue weighted by molar-refractivity contribution is 7.13. The molecule has 4 heterocycles. The Hall–Kier alpha value is -5.30. The van der Waals surface area contributed by atoms with Crippen LogP contribution in [-0.2, 0) is 6.42 Å². The Morgan fingerprint density at radius 2 is 2.09 bits per heavy atom. The van der Waals surface area contributed by atoms with Crippen LogP contribution in [0.4, 0.5) is 9.59 Å². The molecule has 1 aliphatic heterocycles. The summed E-state index contributed by atoms with van der Waals surface area (Å²) < 4.78 is 7.96. The van der Waals surface area contributed by atoms with E-state index in [1.165, 1.54) is 11.3 Å². The van der Waals surface area contributed by atoms with Gasteiger partial charge in [-0.3, -0.25) is 4.98 Å². The number of hydrogen-bond acceptors (Lipinski definition) is 8. The molecule has 230 valence electrons. The number of nitrogens with one attached hydrogen (secondary N) is 2. The number of carboxylic acid groups (broad SMARTS) is 1. The van der Waals surface area contributed by atoms with Crippen molar-refractivity contribution in [1.29, 1.82) is 0 Å². The summed E-state index contributed by atoms with van der Waals surface area (Å²) in [7, 11) is 0. The molecule has 5 aromatic rings. The summed E-state index contributed by atoms with van der Waals surface area (Å²) in [6, 6.07) is 15.9. The van der Waals surface area contributed by atoms with Gasteiger partial charge in [0.25, 0.3) is 0 Å². The average molecular weight is 625 g/mol. The predicted octanol–water partition coefficient (Wildman–Crippen LogP) is 5.10. The number of pyridine rings is 1. The fourth-order valence-corrected chi connectivity index (χ4v) is 5.79. The van der Waals surface area contributed by atoms with Crippen LogP contribution < -0.4 is 15.4 Å². The van der Waals surface area contributed by atoms with Crippen LogP contribution in [0.5, 0.6) is 5.75 Å². The monoisotopic (exact) mass is 624 g/mol. The van der Waals surface area contributed by atoms with Gasteiger partial charge in [0, 0.05) is 42.7 Å². The normalized spacial score (nSPS) is 13.1. The highest BCUT2D eigenvalue weighted by Crippen LogP contribution is 2.34. The van der Waals surface area contributed by atoms with Gasteiger partial charge in [-0.25, -0.2) is 19.3 Å². The fraction of sp³-hybridized carbons (Fsp3) is 0.250. The van der Waals surface area contributed by atoms with Crippen LogP contribution in [0.15, 0.2) is 66.3 Å². The van der Waals surface area contributed by atoms with Gasteiger partial charge in [-0.05, 0) is 61.2 Å². The molecule has 0 saturated carbocycles. The lowest BCUT2D eigenvalue weighted by molar-refractivity contribution is 0.194. The molecule has 0 spiro atoms. The van der Waals surface area contributed by atoms with Crippen molar-refractivity contribution < 1.29 is 19.4 Å². The average Bonchev–Trinajstić information content (AvgIpc) is 3.82. The lowest BCUT2D eigenvalue weighted by atomic mass is 10.1. The number of rotatable bonds is 13. The molecule has 3 amide bonds. The van der Waals surface area contributed by atoms with Gasteiger partial charge in [0.05, 0.1) is 40.9 Å². The number of urea groups is 1. The zero-order valence-corrected chi connectivity index (χ0v) is 25.2. The smallest absolute Gasteiger partial charge is 0.404 e. The van der Waals surface area contributed by atoms with Crippen LogP contribution in [0.25, 0.3) is 39.3 Å². The van der Waals surface area contributed by atoms with Crippen molar-refractivity contribution in [3.05, 3.63) is 83.3 Å². The SMILES string of the molecule is O=C(O)NCCCCc1cn(-c2ccc(-c3nc(/C=C/c4ccc5ncccc5c4)cs3)c(OCCN3CCNC3=O)c2)nn1. The first-order valence-corrected chi connectivity index (χ1v) is 15.6. The second-order valence-electron chi connectivity index (χ2n) is 10.5. The van der Waals surface area contributed by atoms with Crippen molar-refractivity contribution in [1.82, 2.24) is 40.5 Å². The summed E-state index contributed by atoms with van der Waals surface area (Å²) in [4.78, 5) is 33.6. The number of aryl methyl sites for hydroxylation is 1. The summed E-state index contributed by atoms with van der Waals surface area (Å²) in [6.07, 6.45) is 8.86. The molecule has 0 bridgehead atoms. The lowest BCUT2D eigenvalue weighted by Crippen LogP contribution is -2.31. The van der Waals surface area contributed by atoms with E-state index in [1.54, 1.807) is 15.8 Å². The summed E-state index contributed by atoms with van der Waals surface area (Å²) in [6.45, 7) is 2.48. The molecule has 2 aromatic carbocycles. The van der Waals surface area contributed by atoms with Crippen LogP contribution in [-0.4, -0.2) is 79.9 Å². The van der Waals surface area contributed by atoms with E-state index >= 15 is 0 Å². The van der Waals surface area contributed by atoms with Gasteiger partial charge in [-0.1, -0.05) is 23.4 Å². The summed E-state index contributed by atoms with van der Waals surface area (Å²) >= 11 is 1.53. The van der Waals surface area contributed by atoms with E-state index in [0.29, 0.717) is 51.4 Å². The van der Waals surface area contributed by atoms with E-state index in [1.807, 2.05) is 66.2 Å². The molecule has 13 heteroatoms. The second-order valence-corrected chi connectivity index (χ2v) is 11.3. The third-order valence-corrected chi connectivity index (χ3v) is 8.19. The van der Waals surface area contributed by atoms with Gasteiger partial charge in [0.1, 0.15) is 17.4 Å². The van der Waals surface area contributed by atoms with E-state index in [-0.39, 0.29) is 6.03 Å². The highest BCUT2D eigenvalue weighted by Gasteiger charge is 2.20. The minimum Gasteiger partial charge on any atom is -0.491 e.